The Labute approximate surface area is 126 Å². The number of carbonyl (C=O) groups excluding carboxylic acids is 1. The van der Waals surface area contributed by atoms with Crippen LogP contribution in [-0.4, -0.2) is 35.7 Å². The van der Waals surface area contributed by atoms with E-state index in [2.05, 4.69) is 5.32 Å². The van der Waals surface area contributed by atoms with Crippen LogP contribution in [0.4, 0.5) is 0 Å². The molecule has 5 nitrogen and oxygen atoms in total. The van der Waals surface area contributed by atoms with Crippen molar-refractivity contribution in [1.82, 2.24) is 5.32 Å². The Morgan fingerprint density at radius 1 is 1.24 bits per heavy atom. The van der Waals surface area contributed by atoms with E-state index in [4.69, 9.17) is 4.74 Å². The maximum absolute atomic E-state index is 12.2. The number of ether oxygens (including phenoxy) is 1. The van der Waals surface area contributed by atoms with Crippen LogP contribution in [0.25, 0.3) is 0 Å². The highest BCUT2D eigenvalue weighted by atomic mass is 16.5. The molecule has 2 aliphatic rings. The van der Waals surface area contributed by atoms with Crippen molar-refractivity contribution in [2.75, 3.05) is 13.2 Å². The first-order valence-corrected chi connectivity index (χ1v) is 8.13. The molecule has 0 spiro atoms. The molecule has 0 aromatic heterocycles. The van der Waals surface area contributed by atoms with Crippen LogP contribution in [0.5, 0.6) is 0 Å². The zero-order valence-corrected chi connectivity index (χ0v) is 12.9. The first-order valence-electron chi connectivity index (χ1n) is 8.13. The van der Waals surface area contributed by atoms with E-state index in [-0.39, 0.29) is 5.91 Å². The van der Waals surface area contributed by atoms with Crippen molar-refractivity contribution >= 4 is 11.9 Å². The van der Waals surface area contributed by atoms with Crippen LogP contribution >= 0.6 is 0 Å². The van der Waals surface area contributed by atoms with Gasteiger partial charge in [-0.25, -0.2) is 0 Å². The topological polar surface area (TPSA) is 75.6 Å². The highest BCUT2D eigenvalue weighted by molar-refractivity contribution is 5.79. The van der Waals surface area contributed by atoms with E-state index in [1.54, 1.807) is 0 Å². The van der Waals surface area contributed by atoms with Gasteiger partial charge >= 0.3 is 5.97 Å². The Bertz CT molecular complexity index is 378. The van der Waals surface area contributed by atoms with E-state index >= 15 is 0 Å². The normalized spacial score (nSPS) is 30.8. The van der Waals surface area contributed by atoms with E-state index in [0.717, 1.165) is 51.7 Å². The van der Waals surface area contributed by atoms with Crippen molar-refractivity contribution in [2.45, 2.75) is 63.8 Å². The fourth-order valence-corrected chi connectivity index (χ4v) is 3.63. The van der Waals surface area contributed by atoms with E-state index in [1.165, 1.54) is 0 Å². The van der Waals surface area contributed by atoms with Gasteiger partial charge in [0.25, 0.3) is 0 Å². The largest absolute Gasteiger partial charge is 0.481 e. The summed E-state index contributed by atoms with van der Waals surface area (Å²) < 4.78 is 5.32. The van der Waals surface area contributed by atoms with Crippen LogP contribution in [-0.2, 0) is 14.3 Å². The van der Waals surface area contributed by atoms with Crippen LogP contribution in [0.3, 0.4) is 0 Å². The second kappa shape index (κ2) is 7.25. The fourth-order valence-electron chi connectivity index (χ4n) is 3.63. The van der Waals surface area contributed by atoms with Gasteiger partial charge in [-0.2, -0.15) is 0 Å². The molecule has 5 heteroatoms. The van der Waals surface area contributed by atoms with Gasteiger partial charge in [0.2, 0.25) is 5.91 Å². The summed E-state index contributed by atoms with van der Waals surface area (Å²) in [7, 11) is 0. The summed E-state index contributed by atoms with van der Waals surface area (Å²) in [6.07, 6.45) is 6.77. The lowest BCUT2D eigenvalue weighted by Gasteiger charge is -2.40. The van der Waals surface area contributed by atoms with E-state index in [1.807, 2.05) is 6.92 Å². The molecule has 2 N–H and O–H groups in total. The number of carboxylic acid groups (broad SMARTS) is 1. The van der Waals surface area contributed by atoms with Crippen molar-refractivity contribution in [2.24, 2.45) is 11.8 Å². The molecule has 21 heavy (non-hydrogen) atoms. The van der Waals surface area contributed by atoms with Crippen LogP contribution in [0.15, 0.2) is 0 Å². The maximum Gasteiger partial charge on any atom is 0.308 e. The van der Waals surface area contributed by atoms with Crippen molar-refractivity contribution in [3.05, 3.63) is 0 Å². The summed E-state index contributed by atoms with van der Waals surface area (Å²) in [5.41, 5.74) is -0.586. The van der Waals surface area contributed by atoms with Crippen LogP contribution in [0, 0.1) is 11.8 Å². The predicted molar refractivity (Wildman–Crippen MR) is 78.9 cm³/mol. The number of hydrogen-bond acceptors (Lipinski definition) is 3. The molecule has 0 bridgehead atoms. The summed E-state index contributed by atoms with van der Waals surface area (Å²) in [6.45, 7) is 3.48. The number of rotatable bonds is 5. The second-order valence-corrected chi connectivity index (χ2v) is 6.70. The number of hydrogen-bond donors (Lipinski definition) is 2. The lowest BCUT2D eigenvalue weighted by atomic mass is 9.73. The average molecular weight is 297 g/mol. The zero-order chi connectivity index (χ0) is 15.3. The highest BCUT2D eigenvalue weighted by Crippen LogP contribution is 2.34. The molecule has 0 aromatic rings. The molecule has 0 radical (unpaired) electrons. The summed E-state index contributed by atoms with van der Waals surface area (Å²) in [5.74, 6) is -0.684. The van der Waals surface area contributed by atoms with Gasteiger partial charge in [0.1, 0.15) is 0 Å². The van der Waals surface area contributed by atoms with Crippen molar-refractivity contribution in [1.29, 1.82) is 0 Å². The Kier molecular flexibility index (Phi) is 5.62. The lowest BCUT2D eigenvalue weighted by molar-refractivity contribution is -0.146. The molecule has 1 amide bonds. The molecule has 2 fully saturated rings. The Morgan fingerprint density at radius 2 is 1.95 bits per heavy atom. The molecule has 1 aliphatic heterocycles. The van der Waals surface area contributed by atoms with Crippen LogP contribution in [0.2, 0.25) is 0 Å². The van der Waals surface area contributed by atoms with E-state index < -0.39 is 17.4 Å². The first-order chi connectivity index (χ1) is 10.0. The minimum Gasteiger partial charge on any atom is -0.481 e. The van der Waals surface area contributed by atoms with Gasteiger partial charge in [-0.3, -0.25) is 9.59 Å². The van der Waals surface area contributed by atoms with Gasteiger partial charge in [-0.1, -0.05) is 12.8 Å². The number of carboxylic acids is 1. The molecule has 1 saturated heterocycles. The van der Waals surface area contributed by atoms with E-state index in [0.29, 0.717) is 18.8 Å². The third-order valence-electron chi connectivity index (χ3n) is 5.05. The average Bonchev–Trinajstić information content (AvgIpc) is 2.46. The molecule has 1 saturated carbocycles. The van der Waals surface area contributed by atoms with Crippen molar-refractivity contribution < 1.29 is 19.4 Å². The summed E-state index contributed by atoms with van der Waals surface area (Å²) >= 11 is 0. The molecule has 1 aliphatic carbocycles. The molecule has 2 unspecified atom stereocenters. The minimum atomic E-state index is -0.790. The predicted octanol–water partition coefficient (Wildman–Crippen LogP) is 2.34. The first kappa shape index (κ1) is 16.3. The van der Waals surface area contributed by atoms with Gasteiger partial charge in [-0.15, -0.1) is 0 Å². The molecule has 1 heterocycles. The van der Waals surface area contributed by atoms with Gasteiger partial charge in [0, 0.05) is 19.6 Å². The smallest absolute Gasteiger partial charge is 0.308 e. The number of aliphatic carboxylic acids is 1. The fraction of sp³-hybridized carbons (Fsp3) is 0.875. The summed E-state index contributed by atoms with van der Waals surface area (Å²) in [6, 6.07) is 0. The van der Waals surface area contributed by atoms with Crippen molar-refractivity contribution in [3.8, 4) is 0 Å². The Balaban J connectivity index is 1.83. The maximum atomic E-state index is 12.2. The Hall–Kier alpha value is -1.10. The molecular formula is C16H27NO4. The SMILES string of the molecule is CC1(NC(=O)CCC2CCOCC2)CCCCC1C(=O)O. The molecular weight excluding hydrogens is 270 g/mol. The molecule has 2 atom stereocenters. The molecule has 0 aromatic carbocycles. The van der Waals surface area contributed by atoms with Gasteiger partial charge in [0.15, 0.2) is 0 Å². The molecule has 2 rings (SSSR count). The third kappa shape index (κ3) is 4.43. The van der Waals surface area contributed by atoms with Gasteiger partial charge in [0.05, 0.1) is 11.5 Å². The van der Waals surface area contributed by atoms with Crippen LogP contribution in [0.1, 0.15) is 58.3 Å². The van der Waals surface area contributed by atoms with E-state index in [9.17, 15) is 14.7 Å². The number of amides is 1. The van der Waals surface area contributed by atoms with Crippen molar-refractivity contribution in [3.63, 3.8) is 0 Å². The monoisotopic (exact) mass is 297 g/mol. The standard InChI is InChI=1S/C16H27NO4/c1-16(9-3-2-4-13(16)15(19)20)17-14(18)6-5-12-7-10-21-11-8-12/h12-13H,2-11H2,1H3,(H,17,18)(H,19,20). The summed E-state index contributed by atoms with van der Waals surface area (Å²) in [4.78, 5) is 23.6. The number of nitrogens with one attached hydrogen (secondary N) is 1. The molecule has 120 valence electrons. The van der Waals surface area contributed by atoms with Gasteiger partial charge in [-0.05, 0) is 44.9 Å². The van der Waals surface area contributed by atoms with Crippen LogP contribution < -0.4 is 5.32 Å². The highest BCUT2D eigenvalue weighted by Gasteiger charge is 2.42. The Morgan fingerprint density at radius 3 is 2.62 bits per heavy atom. The number of carbonyl (C=O) groups is 2. The van der Waals surface area contributed by atoms with Gasteiger partial charge < -0.3 is 15.2 Å². The second-order valence-electron chi connectivity index (χ2n) is 6.70. The quantitative estimate of drug-likeness (QED) is 0.816. The third-order valence-corrected chi connectivity index (χ3v) is 5.05. The lowest BCUT2D eigenvalue weighted by Crippen LogP contribution is -2.55. The minimum absolute atomic E-state index is 0.00265. The zero-order valence-electron chi connectivity index (χ0n) is 12.9. The summed E-state index contributed by atoms with van der Waals surface area (Å²) in [5, 5.41) is 12.4.